The number of carbonyl (C=O) groups excluding carboxylic acids is 1. The predicted molar refractivity (Wildman–Crippen MR) is 250 cm³/mol. The highest BCUT2D eigenvalue weighted by Gasteiger charge is 2.42. The maximum Gasteiger partial charge on any atom is 0.326 e. The van der Waals surface area contributed by atoms with Crippen LogP contribution in [0.4, 0.5) is 5.82 Å². The number of ether oxygens (including phenoxy) is 4. The fourth-order valence-corrected chi connectivity index (χ4v) is 10.1. The van der Waals surface area contributed by atoms with Gasteiger partial charge in [0.1, 0.15) is 41.8 Å². The van der Waals surface area contributed by atoms with Crippen molar-refractivity contribution >= 4 is 50.9 Å². The zero-order valence-electron chi connectivity index (χ0n) is 35.8. The molecule has 9 rings (SSSR count). The number of benzene rings is 5. The van der Waals surface area contributed by atoms with Crippen LogP contribution in [-0.2, 0) is 50.3 Å². The number of anilines is 1. The molecule has 5 aromatic carbocycles. The predicted octanol–water partition coefficient (Wildman–Crippen LogP) is 7.78. The molecule has 3 aliphatic heterocycles. The van der Waals surface area contributed by atoms with E-state index in [4.69, 9.17) is 47.4 Å². The number of halogens is 2. The summed E-state index contributed by atoms with van der Waals surface area (Å²) in [6.07, 6.45) is 0.651. The van der Waals surface area contributed by atoms with Gasteiger partial charge in [0.2, 0.25) is 15.9 Å². The Morgan fingerprint density at radius 1 is 0.866 bits per heavy atom. The van der Waals surface area contributed by atoms with Crippen LogP contribution in [0.25, 0.3) is 11.1 Å². The van der Waals surface area contributed by atoms with E-state index in [1.165, 1.54) is 12.3 Å². The summed E-state index contributed by atoms with van der Waals surface area (Å²) in [5.74, 6) is 0.0197. The van der Waals surface area contributed by atoms with E-state index in [1.54, 1.807) is 54.6 Å². The van der Waals surface area contributed by atoms with Gasteiger partial charge in [-0.2, -0.15) is 9.57 Å². The van der Waals surface area contributed by atoms with E-state index in [-0.39, 0.29) is 30.9 Å². The van der Waals surface area contributed by atoms with Crippen LogP contribution >= 0.6 is 23.2 Å². The zero-order chi connectivity index (χ0) is 46.7. The maximum absolute atomic E-state index is 14.7. The van der Waals surface area contributed by atoms with Gasteiger partial charge in [0, 0.05) is 32.3 Å². The van der Waals surface area contributed by atoms with Crippen LogP contribution in [-0.4, -0.2) is 79.7 Å². The number of hydrogen-bond donors (Lipinski definition) is 2. The highest BCUT2D eigenvalue weighted by atomic mass is 35.5. The van der Waals surface area contributed by atoms with Gasteiger partial charge in [0.05, 0.1) is 34.9 Å². The molecule has 0 aliphatic carbocycles. The fourth-order valence-electron chi connectivity index (χ4n) is 8.26. The number of rotatable bonds is 13. The minimum atomic E-state index is -4.40. The number of carboxylic acids is 1. The highest BCUT2D eigenvalue weighted by Crippen LogP contribution is 2.42. The van der Waals surface area contributed by atoms with Crippen LogP contribution in [0.1, 0.15) is 39.5 Å². The summed E-state index contributed by atoms with van der Waals surface area (Å²) in [5.41, 5.74) is 5.86. The second kappa shape index (κ2) is 19.7. The van der Waals surface area contributed by atoms with Gasteiger partial charge in [0.15, 0.2) is 17.6 Å². The number of morpholine rings is 1. The topological polar surface area (TPSA) is 181 Å². The van der Waals surface area contributed by atoms with Crippen molar-refractivity contribution in [1.82, 2.24) is 14.6 Å². The molecule has 6 aromatic rings. The van der Waals surface area contributed by atoms with Gasteiger partial charge in [-0.3, -0.25) is 4.79 Å². The number of pyridine rings is 1. The molecular weight excluding hydrogens is 918 g/mol. The average molecular weight is 961 g/mol. The molecule has 0 saturated carbocycles. The lowest BCUT2D eigenvalue weighted by atomic mass is 9.94. The summed E-state index contributed by atoms with van der Waals surface area (Å²) >= 11 is 12.2. The average Bonchev–Trinajstić information content (AvgIpc) is 3.36. The van der Waals surface area contributed by atoms with E-state index in [9.17, 15) is 23.1 Å². The molecule has 1 amide bonds. The summed E-state index contributed by atoms with van der Waals surface area (Å²) in [4.78, 5) is 33.5. The smallest absolute Gasteiger partial charge is 0.326 e. The Bertz CT molecular complexity index is 2950. The van der Waals surface area contributed by atoms with Crippen LogP contribution in [0.3, 0.4) is 0 Å². The SMILES string of the molecule is N#Cc1ccc(-c2ccc(CC(NC(=O)[C@@H]3Cc4cc5c(cc4CN3S(=O)(=O)c3ccc(N4CCOCC4)nc3)O[C@@H](c3ccc(OCc4ccc(Cl)c(Cl)c4)cc3)CO5)C(=O)O)cc2)cc1. The third kappa shape index (κ3) is 10.2. The van der Waals surface area contributed by atoms with Crippen LogP contribution < -0.4 is 24.4 Å². The summed E-state index contributed by atoms with van der Waals surface area (Å²) in [5, 5.41) is 23.1. The van der Waals surface area contributed by atoms with Crippen molar-refractivity contribution in [3.63, 3.8) is 0 Å². The van der Waals surface area contributed by atoms with Crippen molar-refractivity contribution in [3.05, 3.63) is 165 Å². The Balaban J connectivity index is 0.946. The number of fused-ring (bicyclic) bond motifs is 2. The number of sulfonamides is 1. The van der Waals surface area contributed by atoms with Crippen molar-refractivity contribution in [3.8, 4) is 34.4 Å². The van der Waals surface area contributed by atoms with Gasteiger partial charge in [-0.25, -0.2) is 18.2 Å². The Morgan fingerprint density at radius 2 is 1.57 bits per heavy atom. The molecule has 67 heavy (non-hydrogen) atoms. The lowest BCUT2D eigenvalue weighted by Crippen LogP contribution is -2.55. The second-order valence-corrected chi connectivity index (χ2v) is 19.0. The van der Waals surface area contributed by atoms with Crippen LogP contribution in [0.5, 0.6) is 17.2 Å². The molecule has 0 radical (unpaired) electrons. The lowest BCUT2D eigenvalue weighted by Gasteiger charge is -2.37. The Hall–Kier alpha value is -6.67. The number of hydrogen-bond acceptors (Lipinski definition) is 11. The number of amides is 1. The minimum Gasteiger partial charge on any atom is -0.489 e. The molecule has 342 valence electrons. The van der Waals surface area contributed by atoms with Crippen molar-refractivity contribution in [1.29, 1.82) is 5.26 Å². The highest BCUT2D eigenvalue weighted by molar-refractivity contribution is 7.89. The fraction of sp³-hybridized carbons (Fsp3) is 0.240. The Labute approximate surface area is 397 Å². The van der Waals surface area contributed by atoms with Gasteiger partial charge in [-0.05, 0) is 106 Å². The molecule has 1 unspecified atom stereocenters. The third-order valence-electron chi connectivity index (χ3n) is 12.0. The second-order valence-electron chi connectivity index (χ2n) is 16.3. The monoisotopic (exact) mass is 959 g/mol. The number of nitrogens with zero attached hydrogens (tertiary/aromatic N) is 4. The summed E-state index contributed by atoms with van der Waals surface area (Å²) < 4.78 is 54.5. The van der Waals surface area contributed by atoms with Crippen molar-refractivity contribution < 1.29 is 42.1 Å². The number of nitrogens with one attached hydrogen (secondary N) is 1. The number of aromatic nitrogens is 1. The van der Waals surface area contributed by atoms with E-state index in [1.807, 2.05) is 59.5 Å². The summed E-state index contributed by atoms with van der Waals surface area (Å²) in [6, 6.07) is 33.1. The summed E-state index contributed by atoms with van der Waals surface area (Å²) in [6.45, 7) is 2.51. The number of carbonyl (C=O) groups is 2. The number of carboxylic acid groups (broad SMARTS) is 1. The van der Waals surface area contributed by atoms with E-state index in [0.29, 0.717) is 88.3 Å². The molecule has 3 aliphatic rings. The molecule has 1 aromatic heterocycles. The molecule has 14 nitrogen and oxygen atoms in total. The minimum absolute atomic E-state index is 0.0635. The molecule has 1 fully saturated rings. The first kappa shape index (κ1) is 45.5. The normalized spacial score (nSPS) is 17.4. The lowest BCUT2D eigenvalue weighted by molar-refractivity contribution is -0.142. The molecular formula is C50H43Cl2N5O9S. The van der Waals surface area contributed by atoms with Crippen LogP contribution in [0.2, 0.25) is 10.0 Å². The quantitative estimate of drug-likeness (QED) is 0.115. The molecule has 0 spiro atoms. The molecule has 4 heterocycles. The molecule has 0 bridgehead atoms. The first-order valence-corrected chi connectivity index (χ1v) is 23.7. The van der Waals surface area contributed by atoms with E-state index in [0.717, 1.165) is 26.6 Å². The molecule has 3 atom stereocenters. The Morgan fingerprint density at radius 3 is 2.24 bits per heavy atom. The first-order chi connectivity index (χ1) is 32.4. The Kier molecular flexibility index (Phi) is 13.3. The molecule has 17 heteroatoms. The van der Waals surface area contributed by atoms with Crippen molar-refractivity contribution in [2.24, 2.45) is 0 Å². The number of aliphatic carboxylic acids is 1. The first-order valence-electron chi connectivity index (χ1n) is 21.5. The third-order valence-corrected chi connectivity index (χ3v) is 14.6. The van der Waals surface area contributed by atoms with Crippen LogP contribution in [0.15, 0.2) is 126 Å². The van der Waals surface area contributed by atoms with Gasteiger partial charge in [-0.1, -0.05) is 77.8 Å². The number of nitriles is 1. The van der Waals surface area contributed by atoms with Gasteiger partial charge in [0.25, 0.3) is 0 Å². The van der Waals surface area contributed by atoms with Crippen molar-refractivity contribution in [2.45, 2.75) is 49.1 Å². The zero-order valence-corrected chi connectivity index (χ0v) is 38.1. The van der Waals surface area contributed by atoms with Gasteiger partial charge < -0.3 is 34.3 Å². The van der Waals surface area contributed by atoms with Gasteiger partial charge >= 0.3 is 5.97 Å². The molecule has 2 N–H and O–H groups in total. The summed E-state index contributed by atoms with van der Waals surface area (Å²) in [7, 11) is -4.40. The maximum atomic E-state index is 14.7. The van der Waals surface area contributed by atoms with Crippen LogP contribution in [0, 0.1) is 11.3 Å². The van der Waals surface area contributed by atoms with E-state index < -0.39 is 40.1 Å². The van der Waals surface area contributed by atoms with Crippen molar-refractivity contribution in [2.75, 3.05) is 37.8 Å². The van der Waals surface area contributed by atoms with E-state index >= 15 is 0 Å². The van der Waals surface area contributed by atoms with E-state index in [2.05, 4.69) is 16.4 Å². The molecule has 1 saturated heterocycles. The van der Waals surface area contributed by atoms with Gasteiger partial charge in [-0.15, -0.1) is 0 Å². The largest absolute Gasteiger partial charge is 0.489 e. The standard InChI is InChI=1S/C50H43Cl2N5O9S/c51-41-15-5-33(21-42(41)52)29-64-39-12-10-36(11-13-39)47-30-65-45-24-37-23-44(49(58)55-43(50(59)60)22-31-1-6-34(7-2-31)35-8-3-32(26-53)4-9-35)57(28-38(37)25-46(45)66-47)67(61,62)40-14-16-48(54-27-40)56-17-19-63-20-18-56/h1-16,21,24-25,27,43-44,47H,17-20,22-23,28-30H2,(H,55,58)(H,59,60)/t43?,44-,47+/m0/s1.